The number of hydrogen-bond acceptors (Lipinski definition) is 3. The van der Waals surface area contributed by atoms with E-state index >= 15 is 0 Å². The van der Waals surface area contributed by atoms with Crippen LogP contribution in [0.3, 0.4) is 0 Å². The molecule has 0 spiro atoms. The highest BCUT2D eigenvalue weighted by Gasteiger charge is 2.16. The second kappa shape index (κ2) is 11.0. The molecular weight excluding hydrogens is 234 g/mol. The summed E-state index contributed by atoms with van der Waals surface area (Å²) in [5.41, 5.74) is 0. The van der Waals surface area contributed by atoms with Crippen LogP contribution in [0.5, 0.6) is 0 Å². The molecule has 0 N–H and O–H groups in total. The minimum atomic E-state index is -2.78. The topological polar surface area (TPSA) is 37.4 Å². The molecule has 1 aliphatic heterocycles. The summed E-state index contributed by atoms with van der Waals surface area (Å²) in [5.74, 6) is 1.12. The van der Waals surface area contributed by atoms with E-state index in [1.54, 1.807) is 0 Å². The van der Waals surface area contributed by atoms with E-state index in [2.05, 4.69) is 11.8 Å². The van der Waals surface area contributed by atoms with Gasteiger partial charge >= 0.3 is 0 Å². The molecule has 0 atom stereocenters. The van der Waals surface area contributed by atoms with Crippen LogP contribution >= 0.6 is 0 Å². The van der Waals surface area contributed by atoms with Crippen molar-refractivity contribution < 1.29 is 8.42 Å². The molecule has 0 aromatic heterocycles. The first kappa shape index (κ1) is 19.3. The van der Waals surface area contributed by atoms with E-state index in [0.717, 1.165) is 19.0 Å². The molecule has 1 aliphatic rings. The zero-order valence-electron chi connectivity index (χ0n) is 12.5. The van der Waals surface area contributed by atoms with Gasteiger partial charge in [-0.2, -0.15) is 0 Å². The molecule has 17 heavy (non-hydrogen) atoms. The van der Waals surface area contributed by atoms with Crippen LogP contribution in [-0.2, 0) is 9.84 Å². The number of sulfone groups is 1. The maximum absolute atomic E-state index is 10.9. The Kier molecular flexibility index (Phi) is 12.5. The van der Waals surface area contributed by atoms with E-state index in [0.29, 0.717) is 12.3 Å². The molecule has 1 rings (SSSR count). The lowest BCUT2D eigenvalue weighted by atomic mass is 9.99. The minimum Gasteiger partial charge on any atom is -0.302 e. The van der Waals surface area contributed by atoms with Gasteiger partial charge in [0.25, 0.3) is 0 Å². The van der Waals surface area contributed by atoms with Crippen molar-refractivity contribution in [2.45, 2.75) is 47.5 Å². The van der Waals surface area contributed by atoms with Gasteiger partial charge in [0.15, 0.2) is 0 Å². The number of hydrogen-bond donors (Lipinski definition) is 0. The highest BCUT2D eigenvalue weighted by molar-refractivity contribution is 7.90. The highest BCUT2D eigenvalue weighted by atomic mass is 32.2. The maximum atomic E-state index is 10.9. The normalized spacial score (nSPS) is 17.5. The number of likely N-dealkylation sites (tertiary alicyclic amines) is 1. The van der Waals surface area contributed by atoms with Crippen LogP contribution in [0.15, 0.2) is 0 Å². The molecule has 0 aliphatic carbocycles. The van der Waals surface area contributed by atoms with Gasteiger partial charge in [0.1, 0.15) is 9.84 Å². The molecule has 4 heteroatoms. The number of nitrogens with zero attached hydrogens (tertiary/aromatic N) is 1. The van der Waals surface area contributed by atoms with Gasteiger partial charge in [0.2, 0.25) is 0 Å². The maximum Gasteiger partial charge on any atom is 0.148 e. The molecule has 1 fully saturated rings. The number of rotatable bonds is 3. The second-order valence-electron chi connectivity index (χ2n) is 4.15. The van der Waals surface area contributed by atoms with E-state index in [4.69, 9.17) is 0 Å². The molecule has 0 aromatic carbocycles. The Morgan fingerprint density at radius 1 is 1.06 bits per heavy atom. The van der Waals surface area contributed by atoms with Crippen molar-refractivity contribution in [1.82, 2.24) is 4.90 Å². The zero-order valence-corrected chi connectivity index (χ0v) is 13.3. The predicted octanol–water partition coefficient (Wildman–Crippen LogP) is 2.82. The summed E-state index contributed by atoms with van der Waals surface area (Å²) in [5, 5.41) is 0. The standard InChI is InChI=1S/C9H19NO2S.2C2H6/c1-9-3-5-10(6-4-9)7-8-13(2,11)12;2*1-2/h9H,3-8H2,1-2H3;2*1-2H3. The highest BCUT2D eigenvalue weighted by Crippen LogP contribution is 2.15. The third-order valence-electron chi connectivity index (χ3n) is 2.65. The molecule has 0 aromatic rings. The van der Waals surface area contributed by atoms with Crippen LogP contribution in [0.25, 0.3) is 0 Å². The summed E-state index contributed by atoms with van der Waals surface area (Å²) in [6.45, 7) is 13.1. The van der Waals surface area contributed by atoms with Gasteiger partial charge in [0, 0.05) is 12.8 Å². The third-order valence-corrected chi connectivity index (χ3v) is 3.58. The van der Waals surface area contributed by atoms with Crippen molar-refractivity contribution in [1.29, 1.82) is 0 Å². The SMILES string of the molecule is CC.CC.CC1CCN(CCS(C)(=O)=O)CC1. The van der Waals surface area contributed by atoms with Crippen LogP contribution in [-0.4, -0.2) is 45.0 Å². The van der Waals surface area contributed by atoms with Crippen molar-refractivity contribution in [3.05, 3.63) is 0 Å². The summed E-state index contributed by atoms with van der Waals surface area (Å²) in [6.07, 6.45) is 3.73. The predicted molar refractivity (Wildman–Crippen MR) is 77.2 cm³/mol. The Balaban J connectivity index is 0. The van der Waals surface area contributed by atoms with Gasteiger partial charge in [-0.1, -0.05) is 34.6 Å². The molecule has 0 radical (unpaired) electrons. The van der Waals surface area contributed by atoms with Gasteiger partial charge in [0.05, 0.1) is 5.75 Å². The second-order valence-corrected chi connectivity index (χ2v) is 6.41. The van der Waals surface area contributed by atoms with Crippen LogP contribution in [0.4, 0.5) is 0 Å². The third kappa shape index (κ3) is 12.2. The molecule has 0 bridgehead atoms. The van der Waals surface area contributed by atoms with Crippen molar-refractivity contribution >= 4 is 9.84 Å². The van der Waals surface area contributed by atoms with Gasteiger partial charge in [-0.15, -0.1) is 0 Å². The van der Waals surface area contributed by atoms with Gasteiger partial charge in [-0.05, 0) is 31.8 Å². The summed E-state index contributed by atoms with van der Waals surface area (Å²) < 4.78 is 21.8. The summed E-state index contributed by atoms with van der Waals surface area (Å²) >= 11 is 0. The van der Waals surface area contributed by atoms with Crippen molar-refractivity contribution in [3.8, 4) is 0 Å². The molecule has 3 nitrogen and oxygen atoms in total. The molecule has 1 heterocycles. The monoisotopic (exact) mass is 265 g/mol. The largest absolute Gasteiger partial charge is 0.302 e. The Morgan fingerprint density at radius 3 is 1.82 bits per heavy atom. The lowest BCUT2D eigenvalue weighted by Crippen LogP contribution is -2.36. The average Bonchev–Trinajstić information content (AvgIpc) is 2.33. The van der Waals surface area contributed by atoms with Crippen LogP contribution < -0.4 is 0 Å². The fourth-order valence-electron chi connectivity index (χ4n) is 1.58. The van der Waals surface area contributed by atoms with E-state index in [9.17, 15) is 8.42 Å². The molecular formula is C13H31NO2S. The van der Waals surface area contributed by atoms with Gasteiger partial charge in [-0.3, -0.25) is 0 Å². The molecule has 0 amide bonds. The van der Waals surface area contributed by atoms with E-state index in [-0.39, 0.29) is 0 Å². The van der Waals surface area contributed by atoms with Crippen molar-refractivity contribution in [2.24, 2.45) is 5.92 Å². The molecule has 0 saturated carbocycles. The van der Waals surface area contributed by atoms with E-state index in [1.807, 2.05) is 27.7 Å². The lowest BCUT2D eigenvalue weighted by molar-refractivity contribution is 0.202. The van der Waals surface area contributed by atoms with Gasteiger partial charge in [-0.25, -0.2) is 8.42 Å². The van der Waals surface area contributed by atoms with Crippen molar-refractivity contribution in [3.63, 3.8) is 0 Å². The molecule has 106 valence electrons. The minimum absolute atomic E-state index is 0.307. The van der Waals surface area contributed by atoms with Crippen LogP contribution in [0.2, 0.25) is 0 Å². The lowest BCUT2D eigenvalue weighted by Gasteiger charge is -2.29. The summed E-state index contributed by atoms with van der Waals surface area (Å²) in [6, 6.07) is 0. The first-order valence-electron chi connectivity index (χ1n) is 6.87. The fourth-order valence-corrected chi connectivity index (χ4v) is 2.17. The molecule has 1 saturated heterocycles. The Morgan fingerprint density at radius 2 is 1.47 bits per heavy atom. The van der Waals surface area contributed by atoms with Gasteiger partial charge < -0.3 is 4.90 Å². The first-order valence-corrected chi connectivity index (χ1v) is 8.93. The zero-order chi connectivity index (χ0) is 13.9. The quantitative estimate of drug-likeness (QED) is 0.787. The average molecular weight is 265 g/mol. The van der Waals surface area contributed by atoms with E-state index in [1.165, 1.54) is 19.1 Å². The van der Waals surface area contributed by atoms with Crippen LogP contribution in [0.1, 0.15) is 47.5 Å². The van der Waals surface area contributed by atoms with Crippen molar-refractivity contribution in [2.75, 3.05) is 31.6 Å². The summed E-state index contributed by atoms with van der Waals surface area (Å²) in [7, 11) is -2.78. The molecule has 0 unspecified atom stereocenters. The Hall–Kier alpha value is -0.0900. The summed E-state index contributed by atoms with van der Waals surface area (Å²) in [4.78, 5) is 2.25. The smallest absolute Gasteiger partial charge is 0.148 e. The first-order chi connectivity index (χ1) is 7.97. The Labute approximate surface area is 109 Å². The Bertz CT molecular complexity index is 242. The van der Waals surface area contributed by atoms with Crippen LogP contribution in [0, 0.1) is 5.92 Å². The van der Waals surface area contributed by atoms with E-state index < -0.39 is 9.84 Å². The number of piperidine rings is 1. The fraction of sp³-hybridized carbons (Fsp3) is 1.00.